The molecule has 208 valence electrons. The maximum absolute atomic E-state index is 14.3. The molecule has 0 saturated carbocycles. The number of hydrogen-bond acceptors (Lipinski definition) is 6. The average Bonchev–Trinajstić information content (AvgIpc) is 3.53. The molecule has 3 aliphatic heterocycles. The van der Waals surface area contributed by atoms with Gasteiger partial charge >= 0.3 is 5.97 Å². The van der Waals surface area contributed by atoms with Crippen LogP contribution in [0.1, 0.15) is 32.3 Å². The number of fused-ring (bicyclic) bond motifs is 2. The minimum absolute atomic E-state index is 0.183. The number of carbonyl (C=O) groups is 3. The third kappa shape index (κ3) is 4.09. The molecule has 3 saturated heterocycles. The fraction of sp³-hybridized carbons (Fsp3) is 0.406. The van der Waals surface area contributed by atoms with E-state index in [1.54, 1.807) is 6.92 Å². The molecule has 3 fully saturated rings. The molecular formula is C32H34N2O6. The van der Waals surface area contributed by atoms with Gasteiger partial charge in [-0.3, -0.25) is 14.4 Å². The Morgan fingerprint density at radius 3 is 2.52 bits per heavy atom. The highest BCUT2D eigenvalue weighted by Crippen LogP contribution is 2.63. The van der Waals surface area contributed by atoms with Crippen molar-refractivity contribution in [1.82, 2.24) is 4.90 Å². The van der Waals surface area contributed by atoms with Crippen molar-refractivity contribution in [2.75, 3.05) is 18.5 Å². The molecule has 3 aromatic rings. The van der Waals surface area contributed by atoms with E-state index >= 15 is 0 Å². The predicted octanol–water partition coefficient (Wildman–Crippen LogP) is 3.71. The van der Waals surface area contributed by atoms with Gasteiger partial charge in [0.1, 0.15) is 17.6 Å². The van der Waals surface area contributed by atoms with Gasteiger partial charge in [-0.1, -0.05) is 60.7 Å². The lowest BCUT2D eigenvalue weighted by molar-refractivity contribution is -0.160. The average molecular weight is 543 g/mol. The van der Waals surface area contributed by atoms with Gasteiger partial charge in [0.25, 0.3) is 0 Å². The Hall–Kier alpha value is -3.75. The number of esters is 1. The van der Waals surface area contributed by atoms with E-state index in [0.29, 0.717) is 24.9 Å². The van der Waals surface area contributed by atoms with Gasteiger partial charge in [-0.25, -0.2) is 0 Å². The first-order valence-corrected chi connectivity index (χ1v) is 13.9. The van der Waals surface area contributed by atoms with Crippen molar-refractivity contribution in [3.8, 4) is 0 Å². The Morgan fingerprint density at radius 1 is 1.07 bits per heavy atom. The minimum Gasteiger partial charge on any atom is -0.466 e. The third-order valence-corrected chi connectivity index (χ3v) is 8.94. The number of nitrogens with zero attached hydrogens (tertiary/aromatic N) is 1. The lowest BCUT2D eigenvalue weighted by Gasteiger charge is -2.37. The van der Waals surface area contributed by atoms with Gasteiger partial charge in [0, 0.05) is 5.69 Å². The van der Waals surface area contributed by atoms with E-state index in [4.69, 9.17) is 9.47 Å². The fourth-order valence-corrected chi connectivity index (χ4v) is 7.26. The summed E-state index contributed by atoms with van der Waals surface area (Å²) in [6, 6.07) is 21.4. The van der Waals surface area contributed by atoms with Crippen LogP contribution in [0, 0.1) is 11.8 Å². The van der Waals surface area contributed by atoms with E-state index in [0.717, 1.165) is 16.3 Å². The Bertz CT molecular complexity index is 1460. The second-order valence-corrected chi connectivity index (χ2v) is 11.3. The van der Waals surface area contributed by atoms with Crippen LogP contribution in [0.3, 0.4) is 0 Å². The summed E-state index contributed by atoms with van der Waals surface area (Å²) in [5.41, 5.74) is -0.584. The van der Waals surface area contributed by atoms with E-state index < -0.39 is 47.0 Å². The fourth-order valence-electron chi connectivity index (χ4n) is 7.26. The molecule has 3 heterocycles. The molecular weight excluding hydrogens is 508 g/mol. The molecule has 2 unspecified atom stereocenters. The molecule has 0 aromatic heterocycles. The number of hydrogen-bond donors (Lipinski definition) is 2. The largest absolute Gasteiger partial charge is 0.466 e. The summed E-state index contributed by atoms with van der Waals surface area (Å²) >= 11 is 0. The topological polar surface area (TPSA) is 105 Å². The van der Waals surface area contributed by atoms with Gasteiger partial charge in [-0.2, -0.15) is 0 Å². The van der Waals surface area contributed by atoms with Crippen LogP contribution in [0.2, 0.25) is 0 Å². The molecule has 40 heavy (non-hydrogen) atoms. The van der Waals surface area contributed by atoms with Crippen LogP contribution >= 0.6 is 0 Å². The van der Waals surface area contributed by atoms with E-state index in [1.165, 1.54) is 4.90 Å². The van der Waals surface area contributed by atoms with Crippen LogP contribution in [-0.2, 0) is 30.3 Å². The number of nitrogens with one attached hydrogen (secondary N) is 1. The number of likely N-dealkylation sites (tertiary alicyclic amines) is 1. The van der Waals surface area contributed by atoms with Crippen LogP contribution in [0.15, 0.2) is 72.8 Å². The van der Waals surface area contributed by atoms with Crippen LogP contribution in [0.25, 0.3) is 10.8 Å². The van der Waals surface area contributed by atoms with Gasteiger partial charge in [0.15, 0.2) is 0 Å². The lowest BCUT2D eigenvalue weighted by atomic mass is 9.66. The molecule has 1 spiro atoms. The number of ether oxygens (including phenoxy) is 2. The van der Waals surface area contributed by atoms with Gasteiger partial charge in [-0.05, 0) is 61.6 Å². The molecule has 6 atom stereocenters. The summed E-state index contributed by atoms with van der Waals surface area (Å²) < 4.78 is 12.0. The lowest BCUT2D eigenvalue weighted by Crippen LogP contribution is -2.57. The molecule has 0 radical (unpaired) electrons. The monoisotopic (exact) mass is 542 g/mol. The normalized spacial score (nSPS) is 29.4. The summed E-state index contributed by atoms with van der Waals surface area (Å²) in [6.45, 7) is 3.41. The molecule has 2 amide bonds. The van der Waals surface area contributed by atoms with E-state index in [-0.39, 0.29) is 19.1 Å². The summed E-state index contributed by atoms with van der Waals surface area (Å²) in [6.07, 6.45) is 1.33. The van der Waals surface area contributed by atoms with Crippen LogP contribution in [-0.4, -0.2) is 64.3 Å². The van der Waals surface area contributed by atoms with Crippen LogP contribution in [0.5, 0.6) is 0 Å². The summed E-state index contributed by atoms with van der Waals surface area (Å²) in [5.74, 6) is -2.93. The zero-order valence-electron chi connectivity index (χ0n) is 22.7. The minimum atomic E-state index is -1.20. The molecule has 0 aliphatic carbocycles. The number of rotatable bonds is 8. The number of carbonyl (C=O) groups excluding carboxylic acids is 3. The highest BCUT2D eigenvalue weighted by atomic mass is 16.6. The van der Waals surface area contributed by atoms with Gasteiger partial charge in [0.2, 0.25) is 11.8 Å². The van der Waals surface area contributed by atoms with Gasteiger partial charge in [0.05, 0.1) is 30.8 Å². The standard InChI is InChI=1S/C32H34N2O6/c1-3-39-30(38)26-25-29(37)34(24(19-35)17-20-9-5-4-6-10-20)27(32(25)16-15-31(26,2)40-32)28(36)33-23-14-13-21-11-7-8-12-22(21)18-23/h4-14,18,24-27,35H,3,15-17,19H2,1-2H3,(H,33,36)/t24-,25+,26-,27?,31+,32?/m1/s1. The highest BCUT2D eigenvalue weighted by molar-refractivity contribution is 6.04. The van der Waals surface area contributed by atoms with Crippen molar-refractivity contribution >= 4 is 34.2 Å². The Kier molecular flexibility index (Phi) is 6.63. The summed E-state index contributed by atoms with van der Waals surface area (Å²) in [4.78, 5) is 43.3. The second-order valence-electron chi connectivity index (χ2n) is 11.3. The first kappa shape index (κ1) is 26.5. The smallest absolute Gasteiger partial charge is 0.312 e. The Morgan fingerprint density at radius 2 is 1.80 bits per heavy atom. The number of anilines is 1. The summed E-state index contributed by atoms with van der Waals surface area (Å²) in [5, 5.41) is 15.6. The van der Waals surface area contributed by atoms with Crippen molar-refractivity contribution in [3.63, 3.8) is 0 Å². The van der Waals surface area contributed by atoms with Crippen molar-refractivity contribution in [2.24, 2.45) is 11.8 Å². The first-order chi connectivity index (χ1) is 19.3. The number of aliphatic hydroxyl groups is 1. The zero-order valence-corrected chi connectivity index (χ0v) is 22.7. The summed E-state index contributed by atoms with van der Waals surface area (Å²) in [7, 11) is 0. The molecule has 3 aromatic carbocycles. The van der Waals surface area contributed by atoms with Crippen molar-refractivity contribution in [2.45, 2.75) is 56.4 Å². The van der Waals surface area contributed by atoms with Crippen molar-refractivity contribution in [1.29, 1.82) is 0 Å². The zero-order chi connectivity index (χ0) is 28.1. The van der Waals surface area contributed by atoms with Crippen molar-refractivity contribution in [3.05, 3.63) is 78.4 Å². The van der Waals surface area contributed by atoms with Gasteiger partial charge in [-0.15, -0.1) is 0 Å². The molecule has 6 rings (SSSR count). The third-order valence-electron chi connectivity index (χ3n) is 8.94. The van der Waals surface area contributed by atoms with Gasteiger partial charge < -0.3 is 24.8 Å². The Balaban J connectivity index is 1.41. The van der Waals surface area contributed by atoms with E-state index in [2.05, 4.69) is 5.32 Å². The molecule has 2 bridgehead atoms. The predicted molar refractivity (Wildman–Crippen MR) is 149 cm³/mol. The molecule has 8 heteroatoms. The second kappa shape index (κ2) is 10.0. The van der Waals surface area contributed by atoms with Crippen molar-refractivity contribution < 1.29 is 29.0 Å². The quantitative estimate of drug-likeness (QED) is 0.421. The number of aliphatic hydroxyl groups excluding tert-OH is 1. The van der Waals surface area contributed by atoms with Crippen LogP contribution in [0.4, 0.5) is 5.69 Å². The Labute approximate surface area is 233 Å². The van der Waals surface area contributed by atoms with Crippen LogP contribution < -0.4 is 5.32 Å². The first-order valence-electron chi connectivity index (χ1n) is 13.9. The maximum atomic E-state index is 14.3. The molecule has 3 aliphatic rings. The molecule has 8 nitrogen and oxygen atoms in total. The van der Waals surface area contributed by atoms with E-state index in [9.17, 15) is 19.5 Å². The SMILES string of the molecule is CCOC(=O)[C@H]1[C@H]2C(=O)N([C@@H](CO)Cc3ccccc3)C(C(=O)Nc3ccc4ccccc4c3)C23CC[C@]1(C)O3. The number of benzene rings is 3. The highest BCUT2D eigenvalue weighted by Gasteiger charge is 2.78. The maximum Gasteiger partial charge on any atom is 0.312 e. The molecule has 2 N–H and O–H groups in total. The number of amides is 2. The van der Waals surface area contributed by atoms with E-state index in [1.807, 2.05) is 79.7 Å².